The van der Waals surface area contributed by atoms with Gasteiger partial charge in [-0.2, -0.15) is 8.78 Å². The lowest BCUT2D eigenvalue weighted by atomic mass is 9.48. The van der Waals surface area contributed by atoms with Crippen LogP contribution in [0.2, 0.25) is 0 Å². The van der Waals surface area contributed by atoms with Crippen LogP contribution in [0.15, 0.2) is 54.7 Å². The molecule has 2 aromatic carbocycles. The molecular weight excluding hydrogens is 509 g/mol. The molecule has 1 unspecified atom stereocenters. The molecule has 0 radical (unpaired) electrons. The van der Waals surface area contributed by atoms with Gasteiger partial charge in [0.15, 0.2) is 0 Å². The number of nitrogens with zero attached hydrogens (tertiary/aromatic N) is 4. The number of halogens is 2. The molecular formula is C28H28B3F2N5O2. The minimum atomic E-state index is -3.00. The van der Waals surface area contributed by atoms with Gasteiger partial charge in [0, 0.05) is 35.3 Å². The molecule has 12 heteroatoms. The maximum absolute atomic E-state index is 13.9. The van der Waals surface area contributed by atoms with Crippen molar-refractivity contribution in [1.82, 2.24) is 24.8 Å². The number of carbonyl (C=O) groups excluding carboxylic acids is 1. The van der Waals surface area contributed by atoms with Crippen LogP contribution in [0.3, 0.4) is 0 Å². The maximum Gasteiger partial charge on any atom is 0.387 e. The predicted octanol–water partition coefficient (Wildman–Crippen LogP) is 2.12. The molecule has 4 aromatic rings. The summed E-state index contributed by atoms with van der Waals surface area (Å²) in [4.78, 5) is 25.5. The van der Waals surface area contributed by atoms with Crippen LogP contribution in [0.5, 0.6) is 5.75 Å². The quantitative estimate of drug-likeness (QED) is 0.396. The van der Waals surface area contributed by atoms with Gasteiger partial charge in [0.25, 0.3) is 5.91 Å². The fraction of sp³-hybridized carbons (Fsp3) is 0.321. The molecule has 3 atom stereocenters. The molecule has 7 nitrogen and oxygen atoms in total. The standard InChI is InChI=1S/C28H28B3F2N5O2/c29-28(30,31)38-22-12-21(24-16(26(38)39)3-1-5-23(24)40-27(32)33)37-20-11-14(6-9-19(20)36-25(22)37)15-7-8-18(35-13-15)17-4-2-10-34-17/h1,3,5-9,11,13,17,21-22,27,34H,2,4,10,12,29-31H2/t17?,21-,22-/m1/s1. The highest BCUT2D eigenvalue weighted by Gasteiger charge is 2.48. The Morgan fingerprint density at radius 2 is 1.90 bits per heavy atom. The van der Waals surface area contributed by atoms with Crippen molar-refractivity contribution >= 4 is 40.5 Å². The van der Waals surface area contributed by atoms with Crippen molar-refractivity contribution < 1.29 is 18.3 Å². The SMILES string of the molecule is BC(B)(B)N1C(=O)c2cccc(OC(F)F)c2[C@H]2C[C@@H]1c1nc3ccc(-c4ccc(C5CCCN5)nc4)cc3n12. The van der Waals surface area contributed by atoms with E-state index in [9.17, 15) is 13.6 Å². The van der Waals surface area contributed by atoms with E-state index in [4.69, 9.17) is 14.7 Å². The van der Waals surface area contributed by atoms with Crippen LogP contribution in [-0.4, -0.2) is 67.3 Å². The molecule has 40 heavy (non-hydrogen) atoms. The van der Waals surface area contributed by atoms with E-state index < -0.39 is 11.8 Å². The second-order valence-electron chi connectivity index (χ2n) is 11.9. The highest BCUT2D eigenvalue weighted by atomic mass is 19.3. The second-order valence-corrected chi connectivity index (χ2v) is 11.9. The number of carbonyl (C=O) groups is 1. The Bertz CT molecular complexity index is 1630. The van der Waals surface area contributed by atoms with Gasteiger partial charge < -0.3 is 19.5 Å². The Kier molecular flexibility index (Phi) is 5.82. The lowest BCUT2D eigenvalue weighted by Crippen LogP contribution is -2.54. The number of nitrogens with one attached hydrogen (secondary N) is 1. The lowest BCUT2D eigenvalue weighted by Gasteiger charge is -2.40. The first-order chi connectivity index (χ1) is 19.2. The third-order valence-corrected chi connectivity index (χ3v) is 8.41. The number of imidazole rings is 1. The topological polar surface area (TPSA) is 72.3 Å². The van der Waals surface area contributed by atoms with Crippen molar-refractivity contribution in [2.24, 2.45) is 0 Å². The molecule has 2 bridgehead atoms. The van der Waals surface area contributed by atoms with Crippen LogP contribution in [-0.2, 0) is 0 Å². The van der Waals surface area contributed by atoms with E-state index in [0.29, 0.717) is 23.6 Å². The number of aromatic nitrogens is 3. The van der Waals surface area contributed by atoms with Crippen LogP contribution in [0.1, 0.15) is 64.8 Å². The summed E-state index contributed by atoms with van der Waals surface area (Å²) >= 11 is 0. The summed E-state index contributed by atoms with van der Waals surface area (Å²) in [5, 5.41) is 2.97. The van der Waals surface area contributed by atoms with Crippen molar-refractivity contribution in [2.45, 2.75) is 49.2 Å². The van der Waals surface area contributed by atoms with Gasteiger partial charge in [-0.25, -0.2) is 4.98 Å². The Morgan fingerprint density at radius 1 is 1.07 bits per heavy atom. The van der Waals surface area contributed by atoms with E-state index in [-0.39, 0.29) is 23.7 Å². The van der Waals surface area contributed by atoms with Crippen LogP contribution >= 0.6 is 0 Å². The third-order valence-electron chi connectivity index (χ3n) is 8.41. The molecule has 3 aliphatic heterocycles. The number of hydrogen-bond acceptors (Lipinski definition) is 5. The van der Waals surface area contributed by atoms with Gasteiger partial charge in [0.05, 0.1) is 28.8 Å². The van der Waals surface area contributed by atoms with Crippen molar-refractivity contribution in [2.75, 3.05) is 6.54 Å². The minimum Gasteiger partial charge on any atom is -0.434 e. The number of benzene rings is 2. The normalized spacial score (nSPS) is 22.0. The Morgan fingerprint density at radius 3 is 2.60 bits per heavy atom. The fourth-order valence-electron chi connectivity index (χ4n) is 6.78. The first-order valence-corrected chi connectivity index (χ1v) is 13.8. The highest BCUT2D eigenvalue weighted by Crippen LogP contribution is 2.51. The van der Waals surface area contributed by atoms with Gasteiger partial charge in [0.2, 0.25) is 0 Å². The Balaban J connectivity index is 1.39. The molecule has 0 aliphatic carbocycles. The van der Waals surface area contributed by atoms with Gasteiger partial charge in [-0.05, 0) is 60.5 Å². The van der Waals surface area contributed by atoms with Gasteiger partial charge in [-0.1, -0.05) is 18.2 Å². The fourth-order valence-corrected chi connectivity index (χ4v) is 6.78. The largest absolute Gasteiger partial charge is 0.434 e. The van der Waals surface area contributed by atoms with E-state index in [1.807, 2.05) is 46.8 Å². The molecule has 2 aromatic heterocycles. The number of amides is 1. The van der Waals surface area contributed by atoms with Crippen LogP contribution in [0, 0.1) is 0 Å². The molecule has 1 amide bonds. The maximum atomic E-state index is 13.9. The summed E-state index contributed by atoms with van der Waals surface area (Å²) in [6, 6.07) is 14.7. The number of fused-ring (bicyclic) bond motifs is 9. The van der Waals surface area contributed by atoms with E-state index in [0.717, 1.165) is 53.1 Å². The van der Waals surface area contributed by atoms with Gasteiger partial charge in [-0.15, -0.1) is 0 Å². The van der Waals surface area contributed by atoms with Crippen molar-refractivity contribution in [3.8, 4) is 16.9 Å². The molecule has 7 rings (SSSR count). The minimum absolute atomic E-state index is 0.0338. The predicted molar refractivity (Wildman–Crippen MR) is 156 cm³/mol. The highest BCUT2D eigenvalue weighted by molar-refractivity contribution is 6.60. The zero-order valence-electron chi connectivity index (χ0n) is 22.7. The summed E-state index contributed by atoms with van der Waals surface area (Å²) in [6.45, 7) is -1.98. The average Bonchev–Trinajstić information content (AvgIpc) is 3.63. The number of ether oxygens (including phenoxy) is 1. The number of rotatable bonds is 5. The zero-order chi connectivity index (χ0) is 27.8. The number of pyridine rings is 1. The van der Waals surface area contributed by atoms with E-state index in [1.54, 1.807) is 12.1 Å². The van der Waals surface area contributed by atoms with Crippen molar-refractivity contribution in [3.05, 3.63) is 77.4 Å². The number of hydrogen-bond donors (Lipinski definition) is 1. The summed E-state index contributed by atoms with van der Waals surface area (Å²) in [7, 11) is 5.97. The molecule has 0 saturated carbocycles. The zero-order valence-corrected chi connectivity index (χ0v) is 22.7. The average molecular weight is 537 g/mol. The van der Waals surface area contributed by atoms with Crippen LogP contribution < -0.4 is 10.1 Å². The summed E-state index contributed by atoms with van der Waals surface area (Å²) < 4.78 is 34.1. The third kappa shape index (κ3) is 3.95. The summed E-state index contributed by atoms with van der Waals surface area (Å²) in [5.74, 6) is 0.599. The molecule has 5 heterocycles. The first kappa shape index (κ1) is 25.3. The molecule has 200 valence electrons. The molecule has 1 N–H and O–H groups in total. The Labute approximate surface area is 233 Å². The van der Waals surface area contributed by atoms with E-state index in [1.165, 1.54) is 6.07 Å². The van der Waals surface area contributed by atoms with Crippen molar-refractivity contribution in [3.63, 3.8) is 0 Å². The van der Waals surface area contributed by atoms with Gasteiger partial charge in [-0.3, -0.25) is 9.78 Å². The lowest BCUT2D eigenvalue weighted by molar-refractivity contribution is -0.0507. The molecule has 1 fully saturated rings. The Hall–Kier alpha value is -3.66. The van der Waals surface area contributed by atoms with Gasteiger partial charge in [0.1, 0.15) is 35.1 Å². The van der Waals surface area contributed by atoms with E-state index >= 15 is 0 Å². The molecule has 0 spiro atoms. The second kappa shape index (κ2) is 9.19. The summed E-state index contributed by atoms with van der Waals surface area (Å²) in [5.41, 5.74) is 5.60. The monoisotopic (exact) mass is 537 g/mol. The number of alkyl halides is 2. The first-order valence-electron chi connectivity index (χ1n) is 13.8. The molecule has 1 saturated heterocycles. The summed E-state index contributed by atoms with van der Waals surface area (Å²) in [6.07, 6.45) is 4.69. The van der Waals surface area contributed by atoms with Crippen LogP contribution in [0.25, 0.3) is 22.2 Å². The van der Waals surface area contributed by atoms with Crippen molar-refractivity contribution in [1.29, 1.82) is 0 Å². The van der Waals surface area contributed by atoms with Crippen LogP contribution in [0.4, 0.5) is 8.78 Å². The molecule has 3 aliphatic rings. The van der Waals surface area contributed by atoms with E-state index in [2.05, 4.69) is 28.1 Å². The van der Waals surface area contributed by atoms with Gasteiger partial charge >= 0.3 is 6.61 Å². The smallest absolute Gasteiger partial charge is 0.387 e.